The van der Waals surface area contributed by atoms with Gasteiger partial charge in [-0.15, -0.1) is 0 Å². The van der Waals surface area contributed by atoms with Crippen molar-refractivity contribution in [1.82, 2.24) is 0 Å². The average Bonchev–Trinajstić information content (AvgIpc) is 2.18. The van der Waals surface area contributed by atoms with Crippen molar-refractivity contribution in [2.75, 3.05) is 0 Å². The van der Waals surface area contributed by atoms with E-state index in [-0.39, 0.29) is 0 Å². The van der Waals surface area contributed by atoms with Crippen molar-refractivity contribution < 1.29 is 8.76 Å². The summed E-state index contributed by atoms with van der Waals surface area (Å²) in [7, 11) is 0. The standard InChI is InChI=1S/C11H16O2S/c1-3-9(2)8-10-4-6-11(7-5-10)14(12)13/h4-7,9H,3,8H2,1-2H3,(H,12,13)/p-1. The summed E-state index contributed by atoms with van der Waals surface area (Å²) in [6.45, 7) is 4.35. The van der Waals surface area contributed by atoms with Gasteiger partial charge in [-0.25, -0.2) is 0 Å². The summed E-state index contributed by atoms with van der Waals surface area (Å²) in [6.07, 6.45) is 2.16. The van der Waals surface area contributed by atoms with Gasteiger partial charge in [0.15, 0.2) is 0 Å². The molecule has 1 rings (SSSR count). The predicted octanol–water partition coefficient (Wildman–Crippen LogP) is 2.51. The first-order valence-electron chi connectivity index (χ1n) is 4.81. The molecule has 78 valence electrons. The van der Waals surface area contributed by atoms with Crippen LogP contribution >= 0.6 is 0 Å². The highest BCUT2D eigenvalue weighted by atomic mass is 32.2. The van der Waals surface area contributed by atoms with Gasteiger partial charge in [-0.3, -0.25) is 4.21 Å². The van der Waals surface area contributed by atoms with E-state index >= 15 is 0 Å². The Kier molecular flexibility index (Phi) is 4.29. The maximum atomic E-state index is 10.6. The highest BCUT2D eigenvalue weighted by Gasteiger charge is 2.00. The molecular weight excluding hydrogens is 196 g/mol. The number of benzene rings is 1. The predicted molar refractivity (Wildman–Crippen MR) is 56.8 cm³/mol. The van der Waals surface area contributed by atoms with E-state index in [1.54, 1.807) is 12.1 Å². The Hall–Kier alpha value is -0.670. The lowest BCUT2D eigenvalue weighted by atomic mass is 9.99. The molecule has 0 fully saturated rings. The van der Waals surface area contributed by atoms with Gasteiger partial charge in [0.25, 0.3) is 0 Å². The van der Waals surface area contributed by atoms with Crippen molar-refractivity contribution in [3.05, 3.63) is 29.8 Å². The lowest BCUT2D eigenvalue weighted by molar-refractivity contribution is 0.537. The van der Waals surface area contributed by atoms with E-state index in [0.717, 1.165) is 12.8 Å². The molecule has 2 unspecified atom stereocenters. The Morgan fingerprint density at radius 2 is 1.93 bits per heavy atom. The zero-order valence-corrected chi connectivity index (χ0v) is 9.34. The van der Waals surface area contributed by atoms with Gasteiger partial charge >= 0.3 is 0 Å². The minimum atomic E-state index is -2.10. The first-order valence-corrected chi connectivity index (χ1v) is 5.89. The van der Waals surface area contributed by atoms with Gasteiger partial charge in [0, 0.05) is 4.90 Å². The van der Waals surface area contributed by atoms with Crippen molar-refractivity contribution in [2.24, 2.45) is 5.92 Å². The Morgan fingerprint density at radius 3 is 2.36 bits per heavy atom. The molecule has 1 aromatic rings. The fourth-order valence-corrected chi connectivity index (χ4v) is 1.64. The van der Waals surface area contributed by atoms with Crippen molar-refractivity contribution >= 4 is 11.1 Å². The summed E-state index contributed by atoms with van der Waals surface area (Å²) < 4.78 is 21.2. The minimum Gasteiger partial charge on any atom is -0.768 e. The van der Waals surface area contributed by atoms with Gasteiger partial charge < -0.3 is 4.55 Å². The second-order valence-corrected chi connectivity index (χ2v) is 4.54. The van der Waals surface area contributed by atoms with Crippen LogP contribution in [0.4, 0.5) is 0 Å². The van der Waals surface area contributed by atoms with Crippen LogP contribution < -0.4 is 0 Å². The van der Waals surface area contributed by atoms with Crippen LogP contribution in [-0.4, -0.2) is 8.76 Å². The highest BCUT2D eigenvalue weighted by Crippen LogP contribution is 2.13. The van der Waals surface area contributed by atoms with Crippen LogP contribution in [0.1, 0.15) is 25.8 Å². The Bertz CT molecular complexity index is 306. The molecule has 0 aliphatic heterocycles. The van der Waals surface area contributed by atoms with Crippen LogP contribution in [0, 0.1) is 5.92 Å². The Morgan fingerprint density at radius 1 is 1.36 bits per heavy atom. The van der Waals surface area contributed by atoms with E-state index in [4.69, 9.17) is 0 Å². The normalized spacial score (nSPS) is 15.1. The van der Waals surface area contributed by atoms with Crippen LogP contribution in [0.25, 0.3) is 0 Å². The molecule has 0 N–H and O–H groups in total. The molecule has 0 aliphatic carbocycles. The van der Waals surface area contributed by atoms with Crippen molar-refractivity contribution in [3.8, 4) is 0 Å². The summed E-state index contributed by atoms with van der Waals surface area (Å²) in [5.41, 5.74) is 1.20. The minimum absolute atomic E-state index is 0.359. The third-order valence-corrected chi connectivity index (χ3v) is 3.05. The fraction of sp³-hybridized carbons (Fsp3) is 0.455. The van der Waals surface area contributed by atoms with E-state index in [9.17, 15) is 8.76 Å². The second-order valence-electron chi connectivity index (χ2n) is 3.60. The SMILES string of the molecule is CCC(C)Cc1ccc(S(=O)[O-])cc1. The lowest BCUT2D eigenvalue weighted by Crippen LogP contribution is -1.98. The molecular formula is C11H15O2S-. The van der Waals surface area contributed by atoms with E-state index in [0.29, 0.717) is 10.8 Å². The zero-order chi connectivity index (χ0) is 10.6. The molecule has 0 aromatic heterocycles. The Labute approximate surface area is 87.6 Å². The monoisotopic (exact) mass is 211 g/mol. The van der Waals surface area contributed by atoms with Gasteiger partial charge in [0.1, 0.15) is 0 Å². The summed E-state index contributed by atoms with van der Waals surface area (Å²) in [4.78, 5) is 0.359. The van der Waals surface area contributed by atoms with E-state index < -0.39 is 11.1 Å². The quantitative estimate of drug-likeness (QED) is 0.718. The fourth-order valence-electron chi connectivity index (χ4n) is 1.28. The molecule has 0 amide bonds. The van der Waals surface area contributed by atoms with E-state index in [2.05, 4.69) is 13.8 Å². The summed E-state index contributed by atoms with van der Waals surface area (Å²) in [5, 5.41) is 0. The largest absolute Gasteiger partial charge is 0.768 e. The van der Waals surface area contributed by atoms with Gasteiger partial charge in [0.2, 0.25) is 0 Å². The third kappa shape index (κ3) is 3.24. The van der Waals surface area contributed by atoms with Gasteiger partial charge in [-0.1, -0.05) is 32.4 Å². The van der Waals surface area contributed by atoms with Gasteiger partial charge in [-0.05, 0) is 41.1 Å². The van der Waals surface area contributed by atoms with E-state index in [1.807, 2.05) is 12.1 Å². The molecule has 0 radical (unpaired) electrons. The van der Waals surface area contributed by atoms with Crippen LogP contribution in [0.2, 0.25) is 0 Å². The zero-order valence-electron chi connectivity index (χ0n) is 8.53. The van der Waals surface area contributed by atoms with Gasteiger partial charge in [0.05, 0.1) is 0 Å². The maximum absolute atomic E-state index is 10.6. The molecule has 14 heavy (non-hydrogen) atoms. The molecule has 0 saturated carbocycles. The topological polar surface area (TPSA) is 40.1 Å². The van der Waals surface area contributed by atoms with Crippen molar-refractivity contribution in [1.29, 1.82) is 0 Å². The molecule has 0 bridgehead atoms. The molecule has 1 aromatic carbocycles. The van der Waals surface area contributed by atoms with Gasteiger partial charge in [-0.2, -0.15) is 0 Å². The first-order chi connectivity index (χ1) is 6.63. The smallest absolute Gasteiger partial charge is 0.0248 e. The van der Waals surface area contributed by atoms with Crippen LogP contribution in [0.5, 0.6) is 0 Å². The average molecular weight is 211 g/mol. The maximum Gasteiger partial charge on any atom is 0.0248 e. The summed E-state index contributed by atoms with van der Waals surface area (Å²) >= 11 is -2.10. The van der Waals surface area contributed by atoms with Crippen molar-refractivity contribution in [2.45, 2.75) is 31.6 Å². The first kappa shape index (κ1) is 11.4. The molecule has 0 aliphatic rings. The second kappa shape index (κ2) is 5.27. The molecule has 2 atom stereocenters. The Balaban J connectivity index is 2.68. The molecule has 3 heteroatoms. The van der Waals surface area contributed by atoms with Crippen molar-refractivity contribution in [3.63, 3.8) is 0 Å². The van der Waals surface area contributed by atoms with E-state index in [1.165, 1.54) is 5.56 Å². The van der Waals surface area contributed by atoms with Crippen LogP contribution in [0.3, 0.4) is 0 Å². The summed E-state index contributed by atoms with van der Waals surface area (Å²) in [5.74, 6) is 0.651. The van der Waals surface area contributed by atoms with Crippen LogP contribution in [-0.2, 0) is 17.5 Å². The number of hydrogen-bond acceptors (Lipinski definition) is 2. The summed E-state index contributed by atoms with van der Waals surface area (Å²) in [6, 6.07) is 7.08. The molecule has 0 spiro atoms. The molecule has 2 nitrogen and oxygen atoms in total. The highest BCUT2D eigenvalue weighted by molar-refractivity contribution is 7.79. The van der Waals surface area contributed by atoms with Crippen LogP contribution in [0.15, 0.2) is 29.2 Å². The third-order valence-electron chi connectivity index (χ3n) is 2.40. The molecule has 0 saturated heterocycles. The number of rotatable bonds is 4. The lowest BCUT2D eigenvalue weighted by Gasteiger charge is -2.09. The number of hydrogen-bond donors (Lipinski definition) is 0. The molecule has 0 heterocycles.